The molecule has 1 aliphatic rings. The predicted molar refractivity (Wildman–Crippen MR) is 74.1 cm³/mol. The van der Waals surface area contributed by atoms with Crippen molar-refractivity contribution in [1.29, 1.82) is 0 Å². The van der Waals surface area contributed by atoms with Gasteiger partial charge in [-0.3, -0.25) is 4.79 Å². The zero-order chi connectivity index (χ0) is 13.9. The smallest absolute Gasteiger partial charge is 0.307 e. The van der Waals surface area contributed by atoms with E-state index in [2.05, 4.69) is 11.1 Å². The number of pyridine rings is 1. The first-order chi connectivity index (χ1) is 9.70. The van der Waals surface area contributed by atoms with E-state index in [1.807, 2.05) is 6.07 Å². The molecule has 0 fully saturated rings. The van der Waals surface area contributed by atoms with Crippen molar-refractivity contribution < 1.29 is 14.6 Å². The minimum atomic E-state index is -0.834. The summed E-state index contributed by atoms with van der Waals surface area (Å²) in [5.41, 5.74) is 3.20. The second kappa shape index (κ2) is 5.33. The molecule has 0 radical (unpaired) electrons. The second-order valence-corrected chi connectivity index (χ2v) is 4.93. The molecule has 0 unspecified atom stereocenters. The van der Waals surface area contributed by atoms with Crippen molar-refractivity contribution in [1.82, 2.24) is 4.98 Å². The molecule has 1 aromatic heterocycles. The topological polar surface area (TPSA) is 59.4 Å². The number of rotatable bonds is 4. The summed E-state index contributed by atoms with van der Waals surface area (Å²) in [6.07, 6.45) is 3.31. The number of aliphatic carboxylic acids is 1. The summed E-state index contributed by atoms with van der Waals surface area (Å²) in [7, 11) is 0. The third kappa shape index (κ3) is 2.79. The number of carboxylic acids is 1. The lowest BCUT2D eigenvalue weighted by Gasteiger charge is -2.07. The molecular weight excluding hydrogens is 254 g/mol. The quantitative estimate of drug-likeness (QED) is 0.927. The van der Waals surface area contributed by atoms with E-state index in [4.69, 9.17) is 9.84 Å². The molecule has 1 aromatic carbocycles. The minimum Gasteiger partial charge on any atom is -0.481 e. The minimum absolute atomic E-state index is 0.0252. The van der Waals surface area contributed by atoms with Gasteiger partial charge in [-0.05, 0) is 42.5 Å². The lowest BCUT2D eigenvalue weighted by atomic mass is 10.1. The van der Waals surface area contributed by atoms with Crippen molar-refractivity contribution >= 4 is 5.97 Å². The molecule has 4 nitrogen and oxygen atoms in total. The Labute approximate surface area is 117 Å². The number of aryl methyl sites for hydroxylation is 2. The van der Waals surface area contributed by atoms with Crippen LogP contribution in [0.15, 0.2) is 36.4 Å². The van der Waals surface area contributed by atoms with Crippen molar-refractivity contribution in [2.24, 2.45) is 0 Å². The van der Waals surface area contributed by atoms with Gasteiger partial charge in [0.1, 0.15) is 5.75 Å². The molecule has 102 valence electrons. The van der Waals surface area contributed by atoms with E-state index in [0.29, 0.717) is 11.6 Å². The summed E-state index contributed by atoms with van der Waals surface area (Å²) in [5.74, 6) is 0.431. The van der Waals surface area contributed by atoms with Gasteiger partial charge >= 0.3 is 5.97 Å². The molecule has 4 heteroatoms. The maximum Gasteiger partial charge on any atom is 0.307 e. The van der Waals surface area contributed by atoms with Gasteiger partial charge < -0.3 is 9.84 Å². The summed E-state index contributed by atoms with van der Waals surface area (Å²) < 4.78 is 5.71. The normalized spacial score (nSPS) is 13.0. The van der Waals surface area contributed by atoms with Crippen molar-refractivity contribution in [3.8, 4) is 11.6 Å². The Morgan fingerprint density at radius 1 is 1.15 bits per heavy atom. The summed E-state index contributed by atoms with van der Waals surface area (Å²) in [5, 5.41) is 8.72. The van der Waals surface area contributed by atoms with E-state index in [0.717, 1.165) is 30.5 Å². The van der Waals surface area contributed by atoms with Gasteiger partial charge in [-0.1, -0.05) is 18.2 Å². The Bertz CT molecular complexity index is 635. The highest BCUT2D eigenvalue weighted by atomic mass is 16.5. The van der Waals surface area contributed by atoms with Gasteiger partial charge in [0.2, 0.25) is 5.88 Å². The van der Waals surface area contributed by atoms with Crippen LogP contribution in [-0.2, 0) is 24.1 Å². The second-order valence-electron chi connectivity index (χ2n) is 4.93. The van der Waals surface area contributed by atoms with E-state index in [1.165, 1.54) is 5.56 Å². The Morgan fingerprint density at radius 2 is 1.95 bits per heavy atom. The van der Waals surface area contributed by atoms with E-state index in [9.17, 15) is 4.79 Å². The molecule has 0 amide bonds. The molecule has 0 spiro atoms. The molecule has 20 heavy (non-hydrogen) atoms. The van der Waals surface area contributed by atoms with E-state index >= 15 is 0 Å². The number of nitrogens with zero attached hydrogens (tertiary/aromatic N) is 1. The standard InChI is InChI=1S/C16H15NO3/c18-16(19)10-11-4-7-13(8-5-11)20-15-9-6-12-2-1-3-14(12)17-15/h4-9H,1-3,10H2,(H,18,19). The first-order valence-electron chi connectivity index (χ1n) is 6.68. The Morgan fingerprint density at radius 3 is 2.70 bits per heavy atom. The fourth-order valence-electron chi connectivity index (χ4n) is 2.43. The lowest BCUT2D eigenvalue weighted by molar-refractivity contribution is -0.136. The van der Waals surface area contributed by atoms with Gasteiger partial charge in [0.05, 0.1) is 6.42 Å². The van der Waals surface area contributed by atoms with Crippen LogP contribution in [0.5, 0.6) is 11.6 Å². The van der Waals surface area contributed by atoms with Crippen molar-refractivity contribution in [3.05, 3.63) is 53.2 Å². The number of carboxylic acid groups (broad SMARTS) is 1. The number of fused-ring (bicyclic) bond motifs is 1. The molecule has 0 saturated heterocycles. The molecule has 0 bridgehead atoms. The third-order valence-electron chi connectivity index (χ3n) is 3.40. The fourth-order valence-corrected chi connectivity index (χ4v) is 2.43. The van der Waals surface area contributed by atoms with Gasteiger partial charge in [-0.15, -0.1) is 0 Å². The average molecular weight is 269 g/mol. The van der Waals surface area contributed by atoms with Gasteiger partial charge in [0.15, 0.2) is 0 Å². The maximum atomic E-state index is 10.6. The molecule has 1 N–H and O–H groups in total. The van der Waals surface area contributed by atoms with Crippen LogP contribution in [0.25, 0.3) is 0 Å². The van der Waals surface area contributed by atoms with Crippen LogP contribution in [0.1, 0.15) is 23.2 Å². The number of hydrogen-bond acceptors (Lipinski definition) is 3. The van der Waals surface area contributed by atoms with E-state index < -0.39 is 5.97 Å². The van der Waals surface area contributed by atoms with Gasteiger partial charge in [0, 0.05) is 11.8 Å². The first kappa shape index (κ1) is 12.7. The Balaban J connectivity index is 1.72. The Kier molecular flexibility index (Phi) is 3.37. The maximum absolute atomic E-state index is 10.6. The molecule has 2 aromatic rings. The van der Waals surface area contributed by atoms with Crippen LogP contribution < -0.4 is 4.74 Å². The lowest BCUT2D eigenvalue weighted by Crippen LogP contribution is -1.99. The molecule has 0 saturated carbocycles. The van der Waals surface area contributed by atoms with Crippen LogP contribution in [0.4, 0.5) is 0 Å². The number of carbonyl (C=O) groups is 1. The Hall–Kier alpha value is -2.36. The van der Waals surface area contributed by atoms with Gasteiger partial charge in [-0.25, -0.2) is 4.98 Å². The number of ether oxygens (including phenoxy) is 1. The molecule has 1 aliphatic carbocycles. The molecular formula is C16H15NO3. The first-order valence-corrected chi connectivity index (χ1v) is 6.68. The summed E-state index contributed by atoms with van der Waals surface area (Å²) >= 11 is 0. The monoisotopic (exact) mass is 269 g/mol. The third-order valence-corrected chi connectivity index (χ3v) is 3.40. The highest BCUT2D eigenvalue weighted by molar-refractivity contribution is 5.70. The number of hydrogen-bond donors (Lipinski definition) is 1. The fraction of sp³-hybridized carbons (Fsp3) is 0.250. The summed E-state index contributed by atoms with van der Waals surface area (Å²) in [4.78, 5) is 15.1. The van der Waals surface area contributed by atoms with Gasteiger partial charge in [0.25, 0.3) is 0 Å². The average Bonchev–Trinajstić information content (AvgIpc) is 2.88. The number of aromatic nitrogens is 1. The van der Waals surface area contributed by atoms with Crippen LogP contribution in [0.3, 0.4) is 0 Å². The van der Waals surface area contributed by atoms with E-state index in [-0.39, 0.29) is 6.42 Å². The van der Waals surface area contributed by atoms with Crippen LogP contribution in [0, 0.1) is 0 Å². The van der Waals surface area contributed by atoms with Crippen molar-refractivity contribution in [3.63, 3.8) is 0 Å². The molecule has 0 aliphatic heterocycles. The van der Waals surface area contributed by atoms with E-state index in [1.54, 1.807) is 24.3 Å². The summed E-state index contributed by atoms with van der Waals surface area (Å²) in [6, 6.07) is 11.0. The van der Waals surface area contributed by atoms with Crippen LogP contribution >= 0.6 is 0 Å². The highest BCUT2D eigenvalue weighted by Crippen LogP contribution is 2.25. The van der Waals surface area contributed by atoms with Crippen LogP contribution in [0.2, 0.25) is 0 Å². The molecule has 3 rings (SSSR count). The van der Waals surface area contributed by atoms with Crippen molar-refractivity contribution in [2.45, 2.75) is 25.7 Å². The van der Waals surface area contributed by atoms with Crippen molar-refractivity contribution in [2.75, 3.05) is 0 Å². The largest absolute Gasteiger partial charge is 0.481 e. The number of benzene rings is 1. The zero-order valence-electron chi connectivity index (χ0n) is 11.0. The highest BCUT2D eigenvalue weighted by Gasteiger charge is 2.13. The van der Waals surface area contributed by atoms with Gasteiger partial charge in [-0.2, -0.15) is 0 Å². The summed E-state index contributed by atoms with van der Waals surface area (Å²) in [6.45, 7) is 0. The zero-order valence-corrected chi connectivity index (χ0v) is 11.0. The van der Waals surface area contributed by atoms with Crippen LogP contribution in [-0.4, -0.2) is 16.1 Å². The molecule has 0 atom stereocenters. The molecule has 1 heterocycles. The predicted octanol–water partition coefficient (Wildman–Crippen LogP) is 2.99. The SMILES string of the molecule is O=C(O)Cc1ccc(Oc2ccc3c(n2)CCC3)cc1.